The first-order valence-electron chi connectivity index (χ1n) is 16.7. The summed E-state index contributed by atoms with van der Waals surface area (Å²) >= 11 is 0. The van der Waals surface area contributed by atoms with Gasteiger partial charge in [0.05, 0.1) is 17.6 Å². The molecule has 0 spiro atoms. The quantitative estimate of drug-likeness (QED) is 0.0979. The lowest BCUT2D eigenvalue weighted by molar-refractivity contribution is -0.186. The van der Waals surface area contributed by atoms with Gasteiger partial charge in [0.25, 0.3) is 5.56 Å². The minimum atomic E-state index is -2.14. The van der Waals surface area contributed by atoms with Crippen LogP contribution < -0.4 is 10.3 Å². The zero-order valence-electron chi connectivity index (χ0n) is 29.1. The smallest absolute Gasteiger partial charge is 0.324 e. The van der Waals surface area contributed by atoms with Crippen LogP contribution >= 0.6 is 0 Å². The Hall–Kier alpha value is -4.58. The number of benzene rings is 2. The van der Waals surface area contributed by atoms with E-state index in [1.54, 1.807) is 84.0 Å². The Labute approximate surface area is 285 Å². The molecular weight excluding hydrogens is 630 g/mol. The number of carbonyl (C=O) groups is 3. The highest BCUT2D eigenvalue weighted by Crippen LogP contribution is 2.37. The zero-order valence-corrected chi connectivity index (χ0v) is 29.1. The molecule has 1 aliphatic heterocycles. The Balaban J connectivity index is 1.45. The third-order valence-corrected chi connectivity index (χ3v) is 8.40. The molecule has 0 bridgehead atoms. The first-order valence-corrected chi connectivity index (χ1v) is 16.7. The van der Waals surface area contributed by atoms with Gasteiger partial charge in [-0.3, -0.25) is 19.2 Å². The van der Waals surface area contributed by atoms with Gasteiger partial charge in [0.15, 0.2) is 11.2 Å². The highest BCUT2D eigenvalue weighted by molar-refractivity contribution is 6.12. The number of ketones is 1. The zero-order chi connectivity index (χ0) is 35.4. The van der Waals surface area contributed by atoms with Crippen LogP contribution in [0.25, 0.3) is 21.9 Å². The second-order valence-electron chi connectivity index (χ2n) is 14.6. The van der Waals surface area contributed by atoms with Gasteiger partial charge in [-0.2, -0.15) is 0 Å². The van der Waals surface area contributed by atoms with E-state index in [4.69, 9.17) is 23.4 Å². The molecule has 2 aromatic heterocycles. The summed E-state index contributed by atoms with van der Waals surface area (Å²) in [7, 11) is 0. The van der Waals surface area contributed by atoms with E-state index in [0.717, 1.165) is 37.2 Å². The number of esters is 2. The van der Waals surface area contributed by atoms with Crippen molar-refractivity contribution in [1.29, 1.82) is 0 Å². The van der Waals surface area contributed by atoms with Gasteiger partial charge >= 0.3 is 11.9 Å². The fourth-order valence-electron chi connectivity index (χ4n) is 5.80. The molecule has 0 N–H and O–H groups in total. The largest absolute Gasteiger partial charge is 0.493 e. The number of aryl methyl sites for hydroxylation is 1. The van der Waals surface area contributed by atoms with Gasteiger partial charge in [-0.05, 0) is 97.4 Å². The lowest BCUT2D eigenvalue weighted by Gasteiger charge is -2.34. The summed E-state index contributed by atoms with van der Waals surface area (Å²) < 4.78 is 29.8. The lowest BCUT2D eigenvalue weighted by Crippen LogP contribution is -2.49. The number of furan rings is 1. The molecule has 4 aromatic rings. The van der Waals surface area contributed by atoms with Gasteiger partial charge in [-0.15, -0.1) is 5.10 Å². The molecule has 49 heavy (non-hydrogen) atoms. The molecule has 0 amide bonds. The number of hydrogen-bond acceptors (Lipinski definition) is 11. The van der Waals surface area contributed by atoms with Crippen LogP contribution in [0.5, 0.6) is 5.75 Å². The molecule has 0 atom stereocenters. The minimum Gasteiger partial charge on any atom is -0.493 e. The Morgan fingerprint density at radius 3 is 2.27 bits per heavy atom. The number of aromatic nitrogens is 3. The van der Waals surface area contributed by atoms with E-state index in [0.29, 0.717) is 40.1 Å². The van der Waals surface area contributed by atoms with Crippen molar-refractivity contribution in [2.75, 3.05) is 19.8 Å². The topological polar surface area (TPSA) is 149 Å². The summed E-state index contributed by atoms with van der Waals surface area (Å²) in [6.45, 7) is 11.9. The maximum absolute atomic E-state index is 14.1. The molecular formula is C37H45N3O9. The Kier molecular flexibility index (Phi) is 10.6. The van der Waals surface area contributed by atoms with E-state index in [9.17, 15) is 19.2 Å². The fraction of sp³-hybridized carbons (Fsp3) is 0.514. The summed E-state index contributed by atoms with van der Waals surface area (Å²) in [5.41, 5.74) is -3.59. The van der Waals surface area contributed by atoms with Crippen LogP contribution in [0.15, 0.2) is 57.9 Å². The van der Waals surface area contributed by atoms with E-state index < -0.39 is 46.3 Å². The monoisotopic (exact) mass is 675 g/mol. The van der Waals surface area contributed by atoms with E-state index >= 15 is 0 Å². The van der Waals surface area contributed by atoms with Crippen molar-refractivity contribution in [2.45, 2.75) is 91.4 Å². The second kappa shape index (κ2) is 14.5. The van der Waals surface area contributed by atoms with Crippen molar-refractivity contribution in [3.8, 4) is 5.75 Å². The van der Waals surface area contributed by atoms with E-state index in [-0.39, 0.29) is 18.5 Å². The number of hydrogen-bond donors (Lipinski definition) is 0. The Morgan fingerprint density at radius 1 is 0.918 bits per heavy atom. The number of carbonyl (C=O) groups excluding carboxylic acids is 3. The summed E-state index contributed by atoms with van der Waals surface area (Å²) in [5, 5.41) is 8.98. The number of nitrogens with zero attached hydrogens (tertiary/aromatic N) is 3. The number of ether oxygens (including phenoxy) is 4. The summed E-state index contributed by atoms with van der Waals surface area (Å²) in [4.78, 5) is 55.7. The van der Waals surface area contributed by atoms with Crippen LogP contribution in [-0.2, 0) is 30.3 Å². The third-order valence-electron chi connectivity index (χ3n) is 8.40. The first-order chi connectivity index (χ1) is 23.1. The van der Waals surface area contributed by atoms with Crippen LogP contribution in [0.3, 0.4) is 0 Å². The predicted molar refractivity (Wildman–Crippen MR) is 181 cm³/mol. The molecule has 1 fully saturated rings. The van der Waals surface area contributed by atoms with Gasteiger partial charge in [0.2, 0.25) is 0 Å². The van der Waals surface area contributed by atoms with E-state index in [1.165, 1.54) is 6.26 Å². The van der Waals surface area contributed by atoms with Crippen molar-refractivity contribution in [3.63, 3.8) is 0 Å². The van der Waals surface area contributed by atoms with Gasteiger partial charge in [0.1, 0.15) is 34.3 Å². The third kappa shape index (κ3) is 8.72. The number of Topliss-reactive ketones (excluding diaryl/α,β-unsaturated/α-hetero) is 1. The normalized spacial score (nSPS) is 14.6. The Bertz CT molecular complexity index is 1850. The van der Waals surface area contributed by atoms with Crippen molar-refractivity contribution in [2.24, 2.45) is 11.3 Å². The van der Waals surface area contributed by atoms with Crippen molar-refractivity contribution < 1.29 is 37.7 Å². The highest BCUT2D eigenvalue weighted by atomic mass is 16.6. The number of rotatable bonds is 12. The standard InChI is InChI=1S/C37H45N3O9/c1-35(2,3)48-33(43)37(34(44)49-36(4,5)6,16-17-40-32(42)27-9-7-8-10-29(27)38-39-40)22-30(41)28-23-47-31-21-25(11-12-26(28)31)46-20-15-24-13-18-45-19-14-24/h7-12,21,23-24H,13-20,22H2,1-6H3. The fourth-order valence-corrected chi connectivity index (χ4v) is 5.80. The number of fused-ring (bicyclic) bond motifs is 2. The maximum atomic E-state index is 14.1. The van der Waals surface area contributed by atoms with Crippen molar-refractivity contribution >= 4 is 39.6 Å². The highest BCUT2D eigenvalue weighted by Gasteiger charge is 2.52. The molecule has 2 aromatic carbocycles. The molecule has 0 unspecified atom stereocenters. The van der Waals surface area contributed by atoms with Gasteiger partial charge in [-0.1, -0.05) is 17.3 Å². The average molecular weight is 676 g/mol. The molecule has 0 aliphatic carbocycles. The van der Waals surface area contributed by atoms with Gasteiger partial charge in [0, 0.05) is 37.6 Å². The van der Waals surface area contributed by atoms with Crippen LogP contribution in [-0.4, -0.2) is 63.7 Å². The van der Waals surface area contributed by atoms with Gasteiger partial charge in [-0.25, -0.2) is 4.68 Å². The molecule has 0 radical (unpaired) electrons. The molecule has 1 aliphatic rings. The van der Waals surface area contributed by atoms with Crippen LogP contribution in [0.2, 0.25) is 0 Å². The minimum absolute atomic E-state index is 0.183. The van der Waals surface area contributed by atoms with Crippen molar-refractivity contribution in [3.05, 3.63) is 64.6 Å². The van der Waals surface area contributed by atoms with Crippen LogP contribution in [0, 0.1) is 11.3 Å². The molecule has 5 rings (SSSR count). The maximum Gasteiger partial charge on any atom is 0.324 e. The van der Waals surface area contributed by atoms with Crippen LogP contribution in [0.1, 0.15) is 84.0 Å². The molecule has 262 valence electrons. The summed E-state index contributed by atoms with van der Waals surface area (Å²) in [6, 6.07) is 11.9. The van der Waals surface area contributed by atoms with Crippen LogP contribution in [0.4, 0.5) is 0 Å². The lowest BCUT2D eigenvalue weighted by atomic mass is 9.78. The SMILES string of the molecule is CC(C)(C)OC(=O)C(CCn1nnc2ccccc2c1=O)(CC(=O)c1coc2cc(OCCC3CCOCC3)ccc12)C(=O)OC(C)(C)C. The average Bonchev–Trinajstić information content (AvgIpc) is 3.46. The van der Waals surface area contributed by atoms with E-state index in [1.807, 2.05) is 0 Å². The molecule has 3 heterocycles. The summed E-state index contributed by atoms with van der Waals surface area (Å²) in [6.07, 6.45) is 3.34. The van der Waals surface area contributed by atoms with Crippen molar-refractivity contribution in [1.82, 2.24) is 15.0 Å². The molecule has 1 saturated heterocycles. The predicted octanol–water partition coefficient (Wildman–Crippen LogP) is 6.07. The first kappa shape index (κ1) is 35.7. The molecule has 12 heteroatoms. The summed E-state index contributed by atoms with van der Waals surface area (Å²) in [5.74, 6) is -1.27. The second-order valence-corrected chi connectivity index (χ2v) is 14.6. The molecule has 12 nitrogen and oxygen atoms in total. The Morgan fingerprint density at radius 2 is 1.59 bits per heavy atom. The van der Waals surface area contributed by atoms with E-state index in [2.05, 4.69) is 10.3 Å². The molecule has 0 saturated carbocycles. The van der Waals surface area contributed by atoms with Gasteiger partial charge < -0.3 is 23.4 Å².